The highest BCUT2D eigenvalue weighted by Gasteiger charge is 2.25. The number of hydrogen-bond donors (Lipinski definition) is 1. The number of amides is 1. The lowest BCUT2D eigenvalue weighted by molar-refractivity contribution is 0.102. The Morgan fingerprint density at radius 2 is 1.38 bits per heavy atom. The van der Waals surface area contributed by atoms with Gasteiger partial charge >= 0.3 is 0 Å². The normalized spacial score (nSPS) is 11.0. The Balaban J connectivity index is 1.55. The van der Waals surface area contributed by atoms with Gasteiger partial charge in [-0.05, 0) is 66.2 Å². The predicted octanol–water partition coefficient (Wildman–Crippen LogP) is 5.34. The van der Waals surface area contributed by atoms with Crippen LogP contribution in [0.5, 0.6) is 5.75 Å². The third-order valence-electron chi connectivity index (χ3n) is 5.27. The van der Waals surface area contributed by atoms with Crippen molar-refractivity contribution in [2.24, 2.45) is 0 Å². The van der Waals surface area contributed by atoms with E-state index in [1.54, 1.807) is 110 Å². The topological polar surface area (TPSA) is 75.7 Å². The second kappa shape index (κ2) is 10.2. The minimum atomic E-state index is -3.78. The first-order valence-corrected chi connectivity index (χ1v) is 12.1. The second-order valence-corrected chi connectivity index (χ2v) is 9.40. The van der Waals surface area contributed by atoms with Crippen LogP contribution in [-0.2, 0) is 16.6 Å². The smallest absolute Gasteiger partial charge is 0.264 e. The van der Waals surface area contributed by atoms with Crippen molar-refractivity contribution >= 4 is 27.3 Å². The molecule has 0 spiro atoms. The van der Waals surface area contributed by atoms with E-state index in [4.69, 9.17) is 4.74 Å². The fourth-order valence-corrected chi connectivity index (χ4v) is 4.91. The molecule has 0 heterocycles. The van der Waals surface area contributed by atoms with Crippen molar-refractivity contribution in [3.63, 3.8) is 0 Å². The summed E-state index contributed by atoms with van der Waals surface area (Å²) in [4.78, 5) is 12.8. The number of carbonyl (C=O) groups excluding carboxylic acids is 1. The maximum absolute atomic E-state index is 13.4. The summed E-state index contributed by atoms with van der Waals surface area (Å²) in [6, 6.07) is 31.3. The minimum Gasteiger partial charge on any atom is -0.497 e. The molecule has 0 aliphatic heterocycles. The van der Waals surface area contributed by atoms with Crippen molar-refractivity contribution in [3.05, 3.63) is 120 Å². The van der Waals surface area contributed by atoms with Gasteiger partial charge in [0.25, 0.3) is 15.9 Å². The number of methoxy groups -OCH3 is 1. The van der Waals surface area contributed by atoms with Gasteiger partial charge in [0.15, 0.2) is 0 Å². The maximum Gasteiger partial charge on any atom is 0.264 e. The summed E-state index contributed by atoms with van der Waals surface area (Å²) in [5, 5.41) is 2.84. The quantitative estimate of drug-likeness (QED) is 0.375. The van der Waals surface area contributed by atoms with Crippen molar-refractivity contribution in [3.8, 4) is 5.75 Å². The number of carbonyl (C=O) groups is 1. The number of benzene rings is 4. The Hall–Kier alpha value is -4.10. The standard InChI is InChI=1S/C27H24N2O4S/c1-33-25-18-16-23(17-19-25)28-27(30)22-14-12-21(13-15-22)20-29(24-8-4-2-5-9-24)34(31,32)26-10-6-3-7-11-26/h2-19H,20H2,1H3,(H,28,30). The van der Waals surface area contributed by atoms with Crippen LogP contribution in [0.4, 0.5) is 11.4 Å². The fraction of sp³-hybridized carbons (Fsp3) is 0.0741. The van der Waals surface area contributed by atoms with E-state index >= 15 is 0 Å². The van der Waals surface area contributed by atoms with Gasteiger partial charge in [0.2, 0.25) is 0 Å². The van der Waals surface area contributed by atoms with E-state index < -0.39 is 10.0 Å². The van der Waals surface area contributed by atoms with Crippen LogP contribution in [-0.4, -0.2) is 21.4 Å². The lowest BCUT2D eigenvalue weighted by Crippen LogP contribution is -2.30. The molecule has 0 saturated carbocycles. The molecule has 172 valence electrons. The fourth-order valence-electron chi connectivity index (χ4n) is 3.43. The van der Waals surface area contributed by atoms with E-state index in [9.17, 15) is 13.2 Å². The highest BCUT2D eigenvalue weighted by atomic mass is 32.2. The largest absolute Gasteiger partial charge is 0.497 e. The molecule has 0 aliphatic carbocycles. The van der Waals surface area contributed by atoms with Gasteiger partial charge in [0, 0.05) is 11.3 Å². The molecule has 0 bridgehead atoms. The summed E-state index contributed by atoms with van der Waals surface area (Å²) in [7, 11) is -2.20. The Labute approximate surface area is 199 Å². The van der Waals surface area contributed by atoms with E-state index in [0.29, 0.717) is 22.7 Å². The van der Waals surface area contributed by atoms with Gasteiger partial charge in [-0.1, -0.05) is 48.5 Å². The average Bonchev–Trinajstić information content (AvgIpc) is 2.89. The van der Waals surface area contributed by atoms with Crippen LogP contribution in [0.25, 0.3) is 0 Å². The van der Waals surface area contributed by atoms with Gasteiger partial charge < -0.3 is 10.1 Å². The van der Waals surface area contributed by atoms with Crippen LogP contribution >= 0.6 is 0 Å². The lowest BCUT2D eigenvalue weighted by Gasteiger charge is -2.25. The molecule has 0 aromatic heterocycles. The summed E-state index contributed by atoms with van der Waals surface area (Å²) in [6.07, 6.45) is 0. The van der Waals surface area contributed by atoms with E-state index in [1.807, 2.05) is 6.07 Å². The van der Waals surface area contributed by atoms with Crippen molar-refractivity contribution in [1.29, 1.82) is 0 Å². The summed E-state index contributed by atoms with van der Waals surface area (Å²) in [5.41, 5.74) is 2.44. The third kappa shape index (κ3) is 5.27. The molecular formula is C27H24N2O4S. The van der Waals surface area contributed by atoms with Crippen molar-refractivity contribution in [2.45, 2.75) is 11.4 Å². The average molecular weight is 473 g/mol. The van der Waals surface area contributed by atoms with Crippen molar-refractivity contribution in [1.82, 2.24) is 0 Å². The Bertz CT molecular complexity index is 1340. The number of nitrogens with one attached hydrogen (secondary N) is 1. The molecule has 4 aromatic rings. The summed E-state index contributed by atoms with van der Waals surface area (Å²) < 4.78 is 33.3. The molecule has 0 atom stereocenters. The third-order valence-corrected chi connectivity index (χ3v) is 7.05. The number of ether oxygens (including phenoxy) is 1. The molecule has 1 amide bonds. The highest BCUT2D eigenvalue weighted by molar-refractivity contribution is 7.92. The summed E-state index contributed by atoms with van der Waals surface area (Å²) in [5.74, 6) is 0.448. The number of para-hydroxylation sites is 1. The van der Waals surface area contributed by atoms with Crippen molar-refractivity contribution < 1.29 is 17.9 Å². The van der Waals surface area contributed by atoms with Gasteiger partial charge in [0.05, 0.1) is 24.2 Å². The SMILES string of the molecule is COc1ccc(NC(=O)c2ccc(CN(c3ccccc3)S(=O)(=O)c3ccccc3)cc2)cc1. The first-order valence-electron chi connectivity index (χ1n) is 10.6. The lowest BCUT2D eigenvalue weighted by atomic mass is 10.1. The van der Waals surface area contributed by atoms with Crippen LogP contribution in [0.2, 0.25) is 0 Å². The Morgan fingerprint density at radius 3 is 1.97 bits per heavy atom. The van der Waals surface area contributed by atoms with E-state index in [-0.39, 0.29) is 17.3 Å². The molecule has 0 saturated heterocycles. The van der Waals surface area contributed by atoms with Crippen LogP contribution in [0, 0.1) is 0 Å². The Morgan fingerprint density at radius 1 is 0.794 bits per heavy atom. The van der Waals surface area contributed by atoms with Gasteiger partial charge in [-0.25, -0.2) is 8.42 Å². The molecule has 7 heteroatoms. The summed E-state index contributed by atoms with van der Waals surface area (Å²) >= 11 is 0. The van der Waals surface area contributed by atoms with Gasteiger partial charge in [0.1, 0.15) is 5.75 Å². The zero-order valence-corrected chi connectivity index (χ0v) is 19.4. The van der Waals surface area contributed by atoms with Crippen LogP contribution in [0.3, 0.4) is 0 Å². The number of rotatable bonds is 8. The van der Waals surface area contributed by atoms with Crippen molar-refractivity contribution in [2.75, 3.05) is 16.7 Å². The molecular weight excluding hydrogens is 448 g/mol. The summed E-state index contributed by atoms with van der Waals surface area (Å²) in [6.45, 7) is 0.127. The zero-order chi connectivity index (χ0) is 24.0. The molecule has 0 fully saturated rings. The molecule has 0 radical (unpaired) electrons. The second-order valence-electron chi connectivity index (χ2n) is 7.54. The van der Waals surface area contributed by atoms with Crippen LogP contribution in [0.15, 0.2) is 114 Å². The number of nitrogens with zero attached hydrogens (tertiary/aromatic N) is 1. The number of sulfonamides is 1. The predicted molar refractivity (Wildman–Crippen MR) is 134 cm³/mol. The Kier molecular flexibility index (Phi) is 6.94. The minimum absolute atomic E-state index is 0.127. The van der Waals surface area contributed by atoms with Gasteiger partial charge in [-0.2, -0.15) is 0 Å². The molecule has 1 N–H and O–H groups in total. The van der Waals surface area contributed by atoms with E-state index in [2.05, 4.69) is 5.32 Å². The van der Waals surface area contributed by atoms with Gasteiger partial charge in [-0.3, -0.25) is 9.10 Å². The molecule has 0 unspecified atom stereocenters. The molecule has 0 aliphatic rings. The number of hydrogen-bond acceptors (Lipinski definition) is 4. The first kappa shape index (κ1) is 23.1. The van der Waals surface area contributed by atoms with E-state index in [0.717, 1.165) is 5.56 Å². The zero-order valence-electron chi connectivity index (χ0n) is 18.6. The number of anilines is 2. The molecule has 4 rings (SSSR count). The van der Waals surface area contributed by atoms with Gasteiger partial charge in [-0.15, -0.1) is 0 Å². The molecule has 34 heavy (non-hydrogen) atoms. The molecule has 6 nitrogen and oxygen atoms in total. The first-order chi connectivity index (χ1) is 16.5. The van der Waals surface area contributed by atoms with Crippen LogP contribution < -0.4 is 14.4 Å². The molecule has 4 aromatic carbocycles. The van der Waals surface area contributed by atoms with Crippen LogP contribution in [0.1, 0.15) is 15.9 Å². The maximum atomic E-state index is 13.4. The van der Waals surface area contributed by atoms with E-state index in [1.165, 1.54) is 4.31 Å². The monoisotopic (exact) mass is 472 g/mol. The highest BCUT2D eigenvalue weighted by Crippen LogP contribution is 2.26.